The van der Waals surface area contributed by atoms with Gasteiger partial charge < -0.3 is 9.84 Å². The third-order valence-corrected chi connectivity index (χ3v) is 4.64. The van der Waals surface area contributed by atoms with E-state index in [0.29, 0.717) is 5.56 Å². The second kappa shape index (κ2) is 6.38. The van der Waals surface area contributed by atoms with E-state index in [4.69, 9.17) is 4.74 Å². The van der Waals surface area contributed by atoms with Gasteiger partial charge in [0, 0.05) is 28.5 Å². The molecule has 1 aliphatic rings. The molecule has 0 aliphatic heterocycles. The molecule has 9 heteroatoms. The zero-order chi connectivity index (χ0) is 19.3. The van der Waals surface area contributed by atoms with Crippen molar-refractivity contribution in [3.63, 3.8) is 0 Å². The van der Waals surface area contributed by atoms with Crippen LogP contribution in [0, 0.1) is 12.7 Å². The average molecular weight is 394 g/mol. The molecule has 3 rings (SSSR count). The van der Waals surface area contributed by atoms with Crippen LogP contribution >= 0.6 is 11.8 Å². The van der Waals surface area contributed by atoms with Crippen molar-refractivity contribution in [2.75, 3.05) is 0 Å². The first-order valence-electron chi connectivity index (χ1n) is 7.39. The van der Waals surface area contributed by atoms with Crippen molar-refractivity contribution in [3.8, 4) is 11.5 Å². The Morgan fingerprint density at radius 2 is 1.88 bits per heavy atom. The summed E-state index contributed by atoms with van der Waals surface area (Å²) in [5.74, 6) is -4.36. The average Bonchev–Trinajstić information content (AvgIpc) is 2.70. The molecule has 2 aromatic rings. The molecule has 0 amide bonds. The standard InChI is InChI=1S/C17H12F6O2S/c1-8-4-9(18)6-10(5-8)25-12-2-3-13(26-17(21,22)23)14-11(12)7-16(19,20)15(14)24/h2-6,15,24H,7H2,1H3/t15-/m0/s1. The molecule has 0 fully saturated rings. The molecule has 0 saturated carbocycles. The van der Waals surface area contributed by atoms with Crippen LogP contribution in [0.15, 0.2) is 35.2 Å². The Kier molecular flexibility index (Phi) is 4.64. The summed E-state index contributed by atoms with van der Waals surface area (Å²) in [5, 5.41) is 9.82. The maximum atomic E-state index is 13.9. The summed E-state index contributed by atoms with van der Waals surface area (Å²) in [6.45, 7) is 1.60. The number of thioether (sulfide) groups is 1. The zero-order valence-electron chi connectivity index (χ0n) is 13.2. The van der Waals surface area contributed by atoms with Gasteiger partial charge in [-0.05, 0) is 48.5 Å². The number of aliphatic hydroxyl groups is 1. The van der Waals surface area contributed by atoms with Crippen molar-refractivity contribution in [3.05, 3.63) is 52.8 Å². The minimum atomic E-state index is -4.70. The molecular weight excluding hydrogens is 382 g/mol. The van der Waals surface area contributed by atoms with E-state index in [1.54, 1.807) is 6.92 Å². The van der Waals surface area contributed by atoms with Gasteiger partial charge in [-0.15, -0.1) is 0 Å². The number of aliphatic hydroxyl groups excluding tert-OH is 1. The summed E-state index contributed by atoms with van der Waals surface area (Å²) in [6, 6.07) is 5.79. The summed E-state index contributed by atoms with van der Waals surface area (Å²) in [7, 11) is 0. The molecule has 0 spiro atoms. The molecular formula is C17H12F6O2S. The van der Waals surface area contributed by atoms with E-state index in [9.17, 15) is 31.4 Å². The Morgan fingerprint density at radius 1 is 1.19 bits per heavy atom. The lowest BCUT2D eigenvalue weighted by Gasteiger charge is -2.17. The van der Waals surface area contributed by atoms with Gasteiger partial charge >= 0.3 is 5.51 Å². The first-order valence-corrected chi connectivity index (χ1v) is 8.20. The van der Waals surface area contributed by atoms with Crippen LogP contribution in [0.25, 0.3) is 0 Å². The number of hydrogen-bond acceptors (Lipinski definition) is 3. The van der Waals surface area contributed by atoms with Gasteiger partial charge in [0.2, 0.25) is 0 Å². The van der Waals surface area contributed by atoms with Crippen molar-refractivity contribution in [2.24, 2.45) is 0 Å². The number of benzene rings is 2. The summed E-state index contributed by atoms with van der Waals surface area (Å²) < 4.78 is 84.8. The van der Waals surface area contributed by atoms with Crippen LogP contribution in [0.5, 0.6) is 11.5 Å². The molecule has 0 heterocycles. The van der Waals surface area contributed by atoms with Gasteiger partial charge in [0.1, 0.15) is 23.4 Å². The fourth-order valence-electron chi connectivity index (χ4n) is 2.85. The van der Waals surface area contributed by atoms with Crippen LogP contribution in [0.3, 0.4) is 0 Å². The fraction of sp³-hybridized carbons (Fsp3) is 0.294. The molecule has 2 aromatic carbocycles. The number of alkyl halides is 5. The van der Waals surface area contributed by atoms with Crippen LogP contribution in [-0.2, 0) is 6.42 Å². The highest BCUT2D eigenvalue weighted by molar-refractivity contribution is 8.00. The smallest absolute Gasteiger partial charge is 0.446 e. The number of ether oxygens (including phenoxy) is 1. The third-order valence-electron chi connectivity index (χ3n) is 3.83. The Labute approximate surface area is 148 Å². The minimum absolute atomic E-state index is 0.0191. The monoisotopic (exact) mass is 394 g/mol. The molecule has 0 unspecified atom stereocenters. The Balaban J connectivity index is 2.06. The predicted molar refractivity (Wildman–Crippen MR) is 83.2 cm³/mol. The second-order valence-corrected chi connectivity index (χ2v) is 7.02. The van der Waals surface area contributed by atoms with Gasteiger partial charge in [-0.2, -0.15) is 13.2 Å². The molecule has 26 heavy (non-hydrogen) atoms. The van der Waals surface area contributed by atoms with E-state index < -0.39 is 52.0 Å². The lowest BCUT2D eigenvalue weighted by molar-refractivity contribution is -0.0977. The van der Waals surface area contributed by atoms with Gasteiger partial charge in [0.05, 0.1) is 0 Å². The largest absolute Gasteiger partial charge is 0.457 e. The van der Waals surface area contributed by atoms with Gasteiger partial charge in [0.25, 0.3) is 5.92 Å². The molecule has 2 nitrogen and oxygen atoms in total. The highest BCUT2D eigenvalue weighted by atomic mass is 32.2. The topological polar surface area (TPSA) is 29.5 Å². The summed E-state index contributed by atoms with van der Waals surface area (Å²) >= 11 is -0.578. The number of halogens is 6. The van der Waals surface area contributed by atoms with E-state index in [1.807, 2.05) is 0 Å². The molecule has 1 aliphatic carbocycles. The van der Waals surface area contributed by atoms with Gasteiger partial charge in [-0.1, -0.05) is 0 Å². The Hall–Kier alpha value is -1.87. The molecule has 140 valence electrons. The number of aryl methyl sites for hydroxylation is 1. The SMILES string of the molecule is Cc1cc(F)cc(Oc2ccc(SC(F)(F)F)c3c2CC(F)(F)[C@H]3O)c1. The summed E-state index contributed by atoms with van der Waals surface area (Å²) in [5.41, 5.74) is -4.92. The molecule has 0 aromatic heterocycles. The highest BCUT2D eigenvalue weighted by Crippen LogP contribution is 2.52. The first-order chi connectivity index (χ1) is 12.0. The molecule has 1 atom stereocenters. The van der Waals surface area contributed by atoms with Crippen molar-refractivity contribution in [1.29, 1.82) is 0 Å². The van der Waals surface area contributed by atoms with Crippen LogP contribution in [-0.4, -0.2) is 16.5 Å². The van der Waals surface area contributed by atoms with E-state index >= 15 is 0 Å². The maximum absolute atomic E-state index is 13.9. The van der Waals surface area contributed by atoms with Crippen molar-refractivity contribution in [1.82, 2.24) is 0 Å². The van der Waals surface area contributed by atoms with Gasteiger partial charge in [-0.25, -0.2) is 13.2 Å². The van der Waals surface area contributed by atoms with Crippen molar-refractivity contribution < 1.29 is 36.2 Å². The van der Waals surface area contributed by atoms with Crippen molar-refractivity contribution >= 4 is 11.8 Å². The van der Waals surface area contributed by atoms with Crippen LogP contribution in [0.2, 0.25) is 0 Å². The predicted octanol–water partition coefficient (Wildman–Crippen LogP) is 5.76. The van der Waals surface area contributed by atoms with Gasteiger partial charge in [-0.3, -0.25) is 0 Å². The summed E-state index contributed by atoms with van der Waals surface area (Å²) in [6.07, 6.45) is -3.35. The number of fused-ring (bicyclic) bond motifs is 1. The molecule has 1 N–H and O–H groups in total. The normalized spacial score (nSPS) is 18.7. The van der Waals surface area contributed by atoms with E-state index in [0.717, 1.165) is 18.2 Å². The van der Waals surface area contributed by atoms with E-state index in [2.05, 4.69) is 0 Å². The lowest BCUT2D eigenvalue weighted by atomic mass is 10.1. The van der Waals surface area contributed by atoms with Crippen LogP contribution in [0.4, 0.5) is 26.3 Å². The minimum Gasteiger partial charge on any atom is -0.457 e. The van der Waals surface area contributed by atoms with Crippen molar-refractivity contribution in [2.45, 2.75) is 35.8 Å². The highest BCUT2D eigenvalue weighted by Gasteiger charge is 2.50. The van der Waals surface area contributed by atoms with E-state index in [-0.39, 0.29) is 17.1 Å². The van der Waals surface area contributed by atoms with E-state index in [1.165, 1.54) is 12.1 Å². The lowest BCUT2D eigenvalue weighted by Crippen LogP contribution is -2.21. The zero-order valence-corrected chi connectivity index (χ0v) is 14.0. The van der Waals surface area contributed by atoms with Crippen LogP contribution < -0.4 is 4.74 Å². The molecule has 0 bridgehead atoms. The number of rotatable bonds is 3. The van der Waals surface area contributed by atoms with Gasteiger partial charge in [0.15, 0.2) is 0 Å². The Morgan fingerprint density at radius 3 is 2.50 bits per heavy atom. The molecule has 0 radical (unpaired) electrons. The third kappa shape index (κ3) is 3.78. The Bertz CT molecular complexity index is 830. The van der Waals surface area contributed by atoms with Crippen LogP contribution in [0.1, 0.15) is 22.8 Å². The summed E-state index contributed by atoms with van der Waals surface area (Å²) in [4.78, 5) is -0.514. The first kappa shape index (κ1) is 18.9. The maximum Gasteiger partial charge on any atom is 0.446 e. The fourth-order valence-corrected chi connectivity index (χ4v) is 3.58. The molecule has 0 saturated heterocycles. The number of hydrogen-bond donors (Lipinski definition) is 1. The quantitative estimate of drug-likeness (QED) is 0.530. The second-order valence-electron chi connectivity index (χ2n) is 5.91.